The van der Waals surface area contributed by atoms with Crippen molar-refractivity contribution < 1.29 is 0 Å². The van der Waals surface area contributed by atoms with Gasteiger partial charge in [0.25, 0.3) is 0 Å². The first-order valence-electron chi connectivity index (χ1n) is 6.27. The quantitative estimate of drug-likeness (QED) is 0.564. The van der Waals surface area contributed by atoms with E-state index >= 15 is 0 Å². The molecule has 100 valence electrons. The molecule has 5 nitrogen and oxygen atoms in total. The van der Waals surface area contributed by atoms with Crippen LogP contribution >= 0.6 is 0 Å². The first kappa shape index (κ1) is 12.2. The fraction of sp³-hybridized carbons (Fsp3) is 0.0667. The molecule has 3 rings (SSSR count). The number of rotatable bonds is 3. The highest BCUT2D eigenvalue weighted by Gasteiger charge is 2.09. The van der Waals surface area contributed by atoms with E-state index in [9.17, 15) is 0 Å². The van der Waals surface area contributed by atoms with Gasteiger partial charge in [0.05, 0.1) is 0 Å². The summed E-state index contributed by atoms with van der Waals surface area (Å²) in [6.07, 6.45) is 3.70. The van der Waals surface area contributed by atoms with Crippen LogP contribution in [-0.2, 0) is 0 Å². The standard InChI is InChI=1S/C15H15N5/c1-19(12-5-2-4-11(10-12)15(16)17)14-7-3-6-13-18-8-9-20(13)14/h2-10H,1H3,(H3,16,17). The number of nitrogen functional groups attached to an aromatic ring is 1. The fourth-order valence-electron chi connectivity index (χ4n) is 2.22. The number of nitrogens with two attached hydrogens (primary N) is 1. The monoisotopic (exact) mass is 265 g/mol. The van der Waals surface area contributed by atoms with Gasteiger partial charge in [-0.1, -0.05) is 18.2 Å². The van der Waals surface area contributed by atoms with Gasteiger partial charge in [-0.15, -0.1) is 0 Å². The number of anilines is 2. The predicted molar refractivity (Wildman–Crippen MR) is 80.7 cm³/mol. The summed E-state index contributed by atoms with van der Waals surface area (Å²) >= 11 is 0. The van der Waals surface area contributed by atoms with Gasteiger partial charge in [-0.2, -0.15) is 0 Å². The third kappa shape index (κ3) is 1.99. The van der Waals surface area contributed by atoms with Crippen LogP contribution in [0.1, 0.15) is 5.56 Å². The summed E-state index contributed by atoms with van der Waals surface area (Å²) in [5.41, 5.74) is 8.13. The van der Waals surface area contributed by atoms with Crippen LogP contribution in [0.15, 0.2) is 54.9 Å². The number of benzene rings is 1. The van der Waals surface area contributed by atoms with Crippen molar-refractivity contribution in [2.45, 2.75) is 0 Å². The lowest BCUT2D eigenvalue weighted by molar-refractivity contribution is 1.07. The third-order valence-electron chi connectivity index (χ3n) is 3.29. The minimum atomic E-state index is 0.0705. The molecule has 20 heavy (non-hydrogen) atoms. The highest BCUT2D eigenvalue weighted by Crippen LogP contribution is 2.24. The average molecular weight is 265 g/mol. The number of aromatic nitrogens is 2. The summed E-state index contributed by atoms with van der Waals surface area (Å²) < 4.78 is 2.01. The Hall–Kier alpha value is -2.82. The lowest BCUT2D eigenvalue weighted by atomic mass is 10.2. The number of nitrogens with zero attached hydrogens (tertiary/aromatic N) is 3. The largest absolute Gasteiger partial charge is 0.384 e. The molecule has 0 fully saturated rings. The molecule has 0 bridgehead atoms. The Morgan fingerprint density at radius 1 is 1.25 bits per heavy atom. The Kier molecular flexibility index (Phi) is 2.87. The molecule has 0 saturated heterocycles. The van der Waals surface area contributed by atoms with Gasteiger partial charge in [0, 0.05) is 30.7 Å². The number of hydrogen-bond acceptors (Lipinski definition) is 3. The number of fused-ring (bicyclic) bond motifs is 1. The number of imidazole rings is 1. The van der Waals surface area contributed by atoms with E-state index in [4.69, 9.17) is 11.1 Å². The molecule has 0 amide bonds. The second kappa shape index (κ2) is 4.70. The predicted octanol–water partition coefficient (Wildman–Crippen LogP) is 2.39. The van der Waals surface area contributed by atoms with E-state index < -0.39 is 0 Å². The molecule has 0 spiro atoms. The van der Waals surface area contributed by atoms with Crippen molar-refractivity contribution in [2.24, 2.45) is 5.73 Å². The Labute approximate surface area is 116 Å². The maximum absolute atomic E-state index is 7.53. The molecule has 0 unspecified atom stereocenters. The highest BCUT2D eigenvalue weighted by molar-refractivity contribution is 5.96. The van der Waals surface area contributed by atoms with E-state index in [1.807, 2.05) is 65.0 Å². The van der Waals surface area contributed by atoms with Crippen molar-refractivity contribution in [1.29, 1.82) is 5.41 Å². The maximum Gasteiger partial charge on any atom is 0.138 e. The first-order valence-corrected chi connectivity index (χ1v) is 6.27. The zero-order valence-electron chi connectivity index (χ0n) is 11.1. The Balaban J connectivity index is 2.08. The van der Waals surface area contributed by atoms with Crippen LogP contribution in [0.4, 0.5) is 11.5 Å². The molecular formula is C15H15N5. The van der Waals surface area contributed by atoms with Crippen LogP contribution in [0.2, 0.25) is 0 Å². The van der Waals surface area contributed by atoms with Gasteiger partial charge in [0.1, 0.15) is 17.3 Å². The van der Waals surface area contributed by atoms with Crippen LogP contribution < -0.4 is 10.6 Å². The van der Waals surface area contributed by atoms with Crippen molar-refractivity contribution in [2.75, 3.05) is 11.9 Å². The Bertz CT molecular complexity index is 775. The second-order valence-corrected chi connectivity index (χ2v) is 4.56. The van der Waals surface area contributed by atoms with Gasteiger partial charge in [0.2, 0.25) is 0 Å². The summed E-state index contributed by atoms with van der Waals surface area (Å²) in [7, 11) is 1.98. The number of amidine groups is 1. The van der Waals surface area contributed by atoms with E-state index in [0.29, 0.717) is 5.56 Å². The van der Waals surface area contributed by atoms with Gasteiger partial charge in [-0.3, -0.25) is 9.81 Å². The van der Waals surface area contributed by atoms with Crippen LogP contribution in [0.5, 0.6) is 0 Å². The van der Waals surface area contributed by atoms with Crippen LogP contribution in [-0.4, -0.2) is 22.3 Å². The molecule has 0 atom stereocenters. The molecule has 3 N–H and O–H groups in total. The van der Waals surface area contributed by atoms with Crippen LogP contribution in [0, 0.1) is 5.41 Å². The lowest BCUT2D eigenvalue weighted by Crippen LogP contribution is -2.15. The van der Waals surface area contributed by atoms with E-state index in [-0.39, 0.29) is 5.84 Å². The molecular weight excluding hydrogens is 250 g/mol. The SMILES string of the molecule is CN(c1cccc(C(=N)N)c1)c1cccc2nccn12. The maximum atomic E-state index is 7.53. The van der Waals surface area contributed by atoms with E-state index in [0.717, 1.165) is 17.2 Å². The summed E-state index contributed by atoms with van der Waals surface area (Å²) in [5.74, 6) is 1.07. The van der Waals surface area contributed by atoms with Crippen LogP contribution in [0.3, 0.4) is 0 Å². The molecule has 2 heterocycles. The van der Waals surface area contributed by atoms with Gasteiger partial charge in [-0.25, -0.2) is 4.98 Å². The number of nitrogens with one attached hydrogen (secondary N) is 1. The summed E-state index contributed by atoms with van der Waals surface area (Å²) in [5, 5.41) is 7.53. The summed E-state index contributed by atoms with van der Waals surface area (Å²) in [6, 6.07) is 13.6. The molecule has 0 aliphatic heterocycles. The minimum absolute atomic E-state index is 0.0705. The van der Waals surface area contributed by atoms with Gasteiger partial charge < -0.3 is 10.6 Å². The molecule has 3 aromatic rings. The lowest BCUT2D eigenvalue weighted by Gasteiger charge is -2.21. The van der Waals surface area contributed by atoms with Crippen molar-refractivity contribution in [3.63, 3.8) is 0 Å². The van der Waals surface area contributed by atoms with Crippen LogP contribution in [0.25, 0.3) is 5.65 Å². The van der Waals surface area contributed by atoms with Crippen molar-refractivity contribution in [3.8, 4) is 0 Å². The zero-order chi connectivity index (χ0) is 14.1. The zero-order valence-corrected chi connectivity index (χ0v) is 11.1. The summed E-state index contributed by atoms with van der Waals surface area (Å²) in [6.45, 7) is 0. The second-order valence-electron chi connectivity index (χ2n) is 4.56. The van der Waals surface area contributed by atoms with E-state index in [2.05, 4.69) is 4.98 Å². The molecule has 1 aromatic carbocycles. The summed E-state index contributed by atoms with van der Waals surface area (Å²) in [4.78, 5) is 6.33. The van der Waals surface area contributed by atoms with E-state index in [1.54, 1.807) is 6.20 Å². The Morgan fingerprint density at radius 3 is 2.85 bits per heavy atom. The minimum Gasteiger partial charge on any atom is -0.384 e. The topological polar surface area (TPSA) is 70.4 Å². The molecule has 0 radical (unpaired) electrons. The molecule has 2 aromatic heterocycles. The Morgan fingerprint density at radius 2 is 2.05 bits per heavy atom. The van der Waals surface area contributed by atoms with Gasteiger partial charge >= 0.3 is 0 Å². The smallest absolute Gasteiger partial charge is 0.138 e. The first-order chi connectivity index (χ1) is 9.66. The third-order valence-corrected chi connectivity index (χ3v) is 3.29. The van der Waals surface area contributed by atoms with Crippen molar-refractivity contribution in [1.82, 2.24) is 9.38 Å². The number of hydrogen-bond donors (Lipinski definition) is 2. The van der Waals surface area contributed by atoms with E-state index in [1.165, 1.54) is 0 Å². The molecule has 0 saturated carbocycles. The number of pyridine rings is 1. The normalized spacial score (nSPS) is 10.7. The highest BCUT2D eigenvalue weighted by atomic mass is 15.2. The average Bonchev–Trinajstić information content (AvgIpc) is 2.95. The molecule has 0 aliphatic carbocycles. The van der Waals surface area contributed by atoms with Crippen molar-refractivity contribution in [3.05, 3.63) is 60.4 Å². The van der Waals surface area contributed by atoms with Crippen molar-refractivity contribution >= 4 is 23.0 Å². The molecule has 0 aliphatic rings. The molecule has 5 heteroatoms. The van der Waals surface area contributed by atoms with Gasteiger partial charge in [-0.05, 0) is 24.3 Å². The fourth-order valence-corrected chi connectivity index (χ4v) is 2.22. The van der Waals surface area contributed by atoms with Gasteiger partial charge in [0.15, 0.2) is 0 Å².